The highest BCUT2D eigenvalue weighted by molar-refractivity contribution is 14.1. The van der Waals surface area contributed by atoms with Crippen LogP contribution in [0, 0.1) is 0 Å². The maximum Gasteiger partial charge on any atom is 0.00934 e. The molecule has 0 N–H and O–H groups in total. The minimum Gasteiger partial charge on any atom is -0.0955 e. The lowest BCUT2D eigenvalue weighted by molar-refractivity contribution is 1.28. The lowest BCUT2D eigenvalue weighted by Gasteiger charge is -1.99. The number of rotatable bonds is 0. The van der Waals surface area contributed by atoms with Crippen LogP contribution in [0.15, 0.2) is 34.0 Å². The molecule has 0 amide bonds. The van der Waals surface area contributed by atoms with Gasteiger partial charge in [0.2, 0.25) is 0 Å². The third kappa shape index (κ3) is 1.47. The van der Waals surface area contributed by atoms with E-state index in [2.05, 4.69) is 47.4 Å². The molecular weight excluding hydrogens is 211 g/mol. The monoisotopic (exact) mass is 218 g/mol. The van der Waals surface area contributed by atoms with E-state index in [1.807, 2.05) is 0 Å². The highest BCUT2D eigenvalue weighted by Crippen LogP contribution is 2.17. The predicted molar refractivity (Wildman–Crippen MR) is 45.0 cm³/mol. The fourth-order valence-electron chi connectivity index (χ4n) is 0.562. The van der Waals surface area contributed by atoms with Gasteiger partial charge in [-0.15, -0.1) is 0 Å². The maximum atomic E-state index is 3.81. The van der Waals surface area contributed by atoms with Crippen LogP contribution in [0.4, 0.5) is 0 Å². The fourth-order valence-corrected chi connectivity index (χ4v) is 0.962. The summed E-state index contributed by atoms with van der Waals surface area (Å²) >= 11 is 2.30. The molecule has 0 atom stereocenters. The number of allylic oxidation sites excluding steroid dienone is 5. The van der Waals surface area contributed by atoms with E-state index in [0.29, 0.717) is 0 Å². The first-order valence-corrected chi connectivity index (χ1v) is 3.58. The van der Waals surface area contributed by atoms with Crippen molar-refractivity contribution in [3.05, 3.63) is 34.0 Å². The molecule has 0 heterocycles. The Morgan fingerprint density at radius 2 is 2.25 bits per heavy atom. The highest BCUT2D eigenvalue weighted by Gasteiger charge is 1.92. The van der Waals surface area contributed by atoms with Gasteiger partial charge in [-0.2, -0.15) is 0 Å². The molecule has 0 aromatic carbocycles. The molecule has 0 bridgehead atoms. The smallest absolute Gasteiger partial charge is 0.00934 e. The highest BCUT2D eigenvalue weighted by atomic mass is 127. The zero-order valence-electron chi connectivity index (χ0n) is 4.52. The molecule has 8 heavy (non-hydrogen) atoms. The van der Waals surface area contributed by atoms with E-state index < -0.39 is 0 Å². The lowest BCUT2D eigenvalue weighted by Crippen LogP contribution is -1.78. The molecule has 42 valence electrons. The Balaban J connectivity index is 2.71. The molecule has 0 nitrogen and oxygen atoms in total. The van der Waals surface area contributed by atoms with Crippen LogP contribution in [0.25, 0.3) is 0 Å². The molecule has 0 aromatic rings. The first-order valence-electron chi connectivity index (χ1n) is 2.50. The summed E-state index contributed by atoms with van der Waals surface area (Å²) in [5, 5.41) is 0. The molecule has 0 saturated carbocycles. The van der Waals surface area contributed by atoms with Gasteiger partial charge in [0.25, 0.3) is 0 Å². The minimum atomic E-state index is 1.02. The SMILES string of the molecule is C=C1C=CC(I)=CC1. The average molecular weight is 218 g/mol. The number of halogens is 1. The van der Waals surface area contributed by atoms with Crippen LogP contribution in [0.3, 0.4) is 0 Å². The van der Waals surface area contributed by atoms with E-state index in [9.17, 15) is 0 Å². The van der Waals surface area contributed by atoms with Crippen LogP contribution < -0.4 is 0 Å². The normalized spacial score (nSPS) is 18.6. The third-order valence-electron chi connectivity index (χ3n) is 1.04. The molecule has 0 radical (unpaired) electrons. The Hall–Kier alpha value is -0.0500. The molecule has 0 unspecified atom stereocenters. The van der Waals surface area contributed by atoms with Crippen molar-refractivity contribution in [2.24, 2.45) is 0 Å². The van der Waals surface area contributed by atoms with Gasteiger partial charge < -0.3 is 0 Å². The van der Waals surface area contributed by atoms with Crippen molar-refractivity contribution in [2.45, 2.75) is 6.42 Å². The van der Waals surface area contributed by atoms with E-state index >= 15 is 0 Å². The number of hydrogen-bond donors (Lipinski definition) is 0. The summed E-state index contributed by atoms with van der Waals surface area (Å²) in [6.07, 6.45) is 7.33. The Morgan fingerprint density at radius 1 is 1.50 bits per heavy atom. The molecule has 1 heteroatoms. The van der Waals surface area contributed by atoms with E-state index in [1.54, 1.807) is 0 Å². The molecular formula is C7H7I. The standard InChI is InChI=1S/C7H7I/c1-6-2-4-7(8)5-3-6/h2,4-5H,1,3H2. The van der Waals surface area contributed by atoms with Crippen molar-refractivity contribution in [1.82, 2.24) is 0 Å². The van der Waals surface area contributed by atoms with E-state index in [-0.39, 0.29) is 0 Å². The molecule has 0 fully saturated rings. The van der Waals surface area contributed by atoms with E-state index in [1.165, 1.54) is 9.15 Å². The van der Waals surface area contributed by atoms with Crippen LogP contribution in [0.1, 0.15) is 6.42 Å². The van der Waals surface area contributed by atoms with Gasteiger partial charge in [-0.3, -0.25) is 0 Å². The maximum absolute atomic E-state index is 3.81. The van der Waals surface area contributed by atoms with Crippen LogP contribution >= 0.6 is 22.6 Å². The summed E-state index contributed by atoms with van der Waals surface area (Å²) in [4.78, 5) is 0. The second-order valence-electron chi connectivity index (χ2n) is 1.78. The molecule has 1 rings (SSSR count). The summed E-state index contributed by atoms with van der Waals surface area (Å²) in [6, 6.07) is 0. The quantitative estimate of drug-likeness (QED) is 0.548. The Bertz CT molecular complexity index is 160. The molecule has 0 spiro atoms. The third-order valence-corrected chi connectivity index (χ3v) is 1.84. The van der Waals surface area contributed by atoms with Crippen LogP contribution in [0.5, 0.6) is 0 Å². The topological polar surface area (TPSA) is 0 Å². The van der Waals surface area contributed by atoms with Gasteiger partial charge >= 0.3 is 0 Å². The van der Waals surface area contributed by atoms with Crippen molar-refractivity contribution in [3.63, 3.8) is 0 Å². The second-order valence-corrected chi connectivity index (χ2v) is 3.03. The lowest BCUT2D eigenvalue weighted by atomic mass is 10.1. The summed E-state index contributed by atoms with van der Waals surface area (Å²) in [7, 11) is 0. The first kappa shape index (κ1) is 6.08. The zero-order valence-corrected chi connectivity index (χ0v) is 6.68. The Kier molecular flexibility index (Phi) is 1.89. The van der Waals surface area contributed by atoms with Crippen molar-refractivity contribution in [1.29, 1.82) is 0 Å². The van der Waals surface area contributed by atoms with Crippen molar-refractivity contribution in [3.8, 4) is 0 Å². The molecule has 0 aromatic heterocycles. The molecule has 1 aliphatic carbocycles. The predicted octanol–water partition coefficient (Wildman–Crippen LogP) is 2.82. The summed E-state index contributed by atoms with van der Waals surface area (Å²) in [6.45, 7) is 3.81. The Morgan fingerprint density at radius 3 is 2.62 bits per heavy atom. The minimum absolute atomic E-state index is 1.02. The first-order chi connectivity index (χ1) is 3.79. The Labute approximate surface area is 63.1 Å². The van der Waals surface area contributed by atoms with Crippen LogP contribution in [-0.4, -0.2) is 0 Å². The van der Waals surface area contributed by atoms with Gasteiger partial charge in [-0.25, -0.2) is 0 Å². The largest absolute Gasteiger partial charge is 0.0955 e. The molecule has 0 aliphatic heterocycles. The van der Waals surface area contributed by atoms with Crippen LogP contribution in [0.2, 0.25) is 0 Å². The summed E-state index contributed by atoms with van der Waals surface area (Å²) < 4.78 is 1.31. The van der Waals surface area contributed by atoms with Gasteiger partial charge in [-0.05, 0) is 35.1 Å². The van der Waals surface area contributed by atoms with Crippen molar-refractivity contribution < 1.29 is 0 Å². The summed E-state index contributed by atoms with van der Waals surface area (Å²) in [5.74, 6) is 0. The van der Waals surface area contributed by atoms with Crippen molar-refractivity contribution >= 4 is 22.6 Å². The van der Waals surface area contributed by atoms with Gasteiger partial charge in [0.15, 0.2) is 0 Å². The zero-order chi connectivity index (χ0) is 5.98. The average Bonchev–Trinajstić information content (AvgIpc) is 1.77. The van der Waals surface area contributed by atoms with E-state index in [0.717, 1.165) is 6.42 Å². The van der Waals surface area contributed by atoms with Gasteiger partial charge in [0.05, 0.1) is 0 Å². The summed E-state index contributed by atoms with van der Waals surface area (Å²) in [5.41, 5.74) is 1.20. The van der Waals surface area contributed by atoms with E-state index in [4.69, 9.17) is 0 Å². The number of hydrogen-bond acceptors (Lipinski definition) is 0. The molecule has 0 saturated heterocycles. The van der Waals surface area contributed by atoms with Crippen molar-refractivity contribution in [2.75, 3.05) is 0 Å². The van der Waals surface area contributed by atoms with Crippen LogP contribution in [-0.2, 0) is 0 Å². The molecule has 1 aliphatic rings. The van der Waals surface area contributed by atoms with Gasteiger partial charge in [0.1, 0.15) is 0 Å². The second kappa shape index (κ2) is 2.49. The fraction of sp³-hybridized carbons (Fsp3) is 0.143. The van der Waals surface area contributed by atoms with Gasteiger partial charge in [-0.1, -0.05) is 24.3 Å². The van der Waals surface area contributed by atoms with Gasteiger partial charge in [0, 0.05) is 3.58 Å².